The van der Waals surface area contributed by atoms with Gasteiger partial charge in [-0.3, -0.25) is 9.69 Å². The molecule has 0 aromatic heterocycles. The number of nitrogens with zero attached hydrogens (tertiary/aromatic N) is 1. The molecule has 0 aliphatic carbocycles. The fraction of sp³-hybridized carbons (Fsp3) is 0.263. The smallest absolute Gasteiger partial charge is 0.414 e. The lowest BCUT2D eigenvalue weighted by molar-refractivity contribution is -0.115. The number of nitrogens with one attached hydrogen (secondary N) is 2. The van der Waals surface area contributed by atoms with Gasteiger partial charge in [-0.05, 0) is 42.8 Å². The van der Waals surface area contributed by atoms with Gasteiger partial charge in [-0.15, -0.1) is 0 Å². The molecular weight excluding hydrogens is 398 g/mol. The second kappa shape index (κ2) is 8.33. The van der Waals surface area contributed by atoms with Crippen molar-refractivity contribution in [1.82, 2.24) is 5.32 Å². The van der Waals surface area contributed by atoms with Crippen LogP contribution in [0.2, 0.25) is 0 Å². The lowest BCUT2D eigenvalue weighted by atomic mass is 10.1. The van der Waals surface area contributed by atoms with E-state index in [-0.39, 0.29) is 24.6 Å². The molecule has 0 spiro atoms. The zero-order valence-electron chi connectivity index (χ0n) is 14.4. The highest BCUT2D eigenvalue weighted by atomic mass is 79.9. The first-order chi connectivity index (χ1) is 12.5. The third kappa shape index (κ3) is 4.62. The van der Waals surface area contributed by atoms with Crippen LogP contribution in [0.15, 0.2) is 53.0 Å². The number of carbonyl (C=O) groups excluding carboxylic acids is 2. The Kier molecular flexibility index (Phi) is 5.90. The van der Waals surface area contributed by atoms with Crippen molar-refractivity contribution >= 4 is 39.3 Å². The van der Waals surface area contributed by atoms with Crippen molar-refractivity contribution in [3.05, 3.63) is 58.6 Å². The Labute approximate surface area is 160 Å². The summed E-state index contributed by atoms with van der Waals surface area (Å²) in [5.74, 6) is -0.105. The Morgan fingerprint density at radius 3 is 2.69 bits per heavy atom. The number of amides is 2. The van der Waals surface area contributed by atoms with Gasteiger partial charge in [0, 0.05) is 21.9 Å². The molecule has 7 heteroatoms. The van der Waals surface area contributed by atoms with Crippen LogP contribution in [0.1, 0.15) is 18.5 Å². The van der Waals surface area contributed by atoms with Gasteiger partial charge >= 0.3 is 6.09 Å². The summed E-state index contributed by atoms with van der Waals surface area (Å²) in [5.41, 5.74) is 2.60. The van der Waals surface area contributed by atoms with Crippen molar-refractivity contribution in [2.75, 3.05) is 29.9 Å². The summed E-state index contributed by atoms with van der Waals surface area (Å²) in [5, 5.41) is 6.05. The number of cyclic esters (lactones) is 1. The SMILES string of the molecule is C[C@H](NCC(=O)Nc1cccc(Br)c1)c1ccc(N2CCOC2=O)cc1. The Balaban J connectivity index is 1.52. The highest BCUT2D eigenvalue weighted by Crippen LogP contribution is 2.22. The Morgan fingerprint density at radius 1 is 1.27 bits per heavy atom. The fourth-order valence-electron chi connectivity index (χ4n) is 2.71. The number of benzene rings is 2. The number of carbonyl (C=O) groups is 2. The van der Waals surface area contributed by atoms with Crippen LogP contribution in [0.25, 0.3) is 0 Å². The van der Waals surface area contributed by atoms with Gasteiger partial charge < -0.3 is 15.4 Å². The van der Waals surface area contributed by atoms with Gasteiger partial charge in [0.25, 0.3) is 0 Å². The minimum absolute atomic E-state index is 0.00263. The molecule has 0 unspecified atom stereocenters. The summed E-state index contributed by atoms with van der Waals surface area (Å²) in [6, 6.07) is 15.1. The predicted molar refractivity (Wildman–Crippen MR) is 104 cm³/mol. The number of anilines is 2. The molecule has 1 atom stereocenters. The van der Waals surface area contributed by atoms with E-state index in [0.29, 0.717) is 13.2 Å². The number of ether oxygens (including phenoxy) is 1. The molecule has 0 saturated carbocycles. The van der Waals surface area contributed by atoms with Crippen molar-refractivity contribution in [2.45, 2.75) is 13.0 Å². The van der Waals surface area contributed by atoms with Crippen LogP contribution in [-0.2, 0) is 9.53 Å². The zero-order chi connectivity index (χ0) is 18.5. The van der Waals surface area contributed by atoms with Crippen LogP contribution in [0.5, 0.6) is 0 Å². The average Bonchev–Trinajstić information content (AvgIpc) is 3.06. The van der Waals surface area contributed by atoms with Crippen molar-refractivity contribution in [1.29, 1.82) is 0 Å². The topological polar surface area (TPSA) is 70.7 Å². The summed E-state index contributed by atoms with van der Waals surface area (Å²) in [7, 11) is 0. The summed E-state index contributed by atoms with van der Waals surface area (Å²) in [6.45, 7) is 3.19. The van der Waals surface area contributed by atoms with E-state index >= 15 is 0 Å². The molecule has 3 rings (SSSR count). The zero-order valence-corrected chi connectivity index (χ0v) is 16.0. The molecule has 0 radical (unpaired) electrons. The van der Waals surface area contributed by atoms with Gasteiger partial charge in [0.15, 0.2) is 0 Å². The normalized spacial score (nSPS) is 14.8. The van der Waals surface area contributed by atoms with Gasteiger partial charge in [0.2, 0.25) is 5.91 Å². The Bertz CT molecular complexity index is 795. The molecule has 1 fully saturated rings. The highest BCUT2D eigenvalue weighted by Gasteiger charge is 2.23. The molecule has 26 heavy (non-hydrogen) atoms. The molecule has 0 bridgehead atoms. The van der Waals surface area contributed by atoms with Gasteiger partial charge in [-0.25, -0.2) is 4.79 Å². The van der Waals surface area contributed by atoms with Crippen LogP contribution in [0.3, 0.4) is 0 Å². The molecule has 1 heterocycles. The predicted octanol–water partition coefficient (Wildman–Crippen LogP) is 3.70. The first-order valence-electron chi connectivity index (χ1n) is 8.36. The molecule has 1 aliphatic rings. The minimum atomic E-state index is -0.312. The maximum absolute atomic E-state index is 12.1. The van der Waals surface area contributed by atoms with E-state index in [9.17, 15) is 9.59 Å². The quantitative estimate of drug-likeness (QED) is 0.751. The van der Waals surface area contributed by atoms with E-state index < -0.39 is 0 Å². The first-order valence-corrected chi connectivity index (χ1v) is 9.15. The first kappa shape index (κ1) is 18.4. The molecule has 2 N–H and O–H groups in total. The van der Waals surface area contributed by atoms with E-state index in [2.05, 4.69) is 26.6 Å². The van der Waals surface area contributed by atoms with Crippen LogP contribution in [0, 0.1) is 0 Å². The Morgan fingerprint density at radius 2 is 2.04 bits per heavy atom. The highest BCUT2D eigenvalue weighted by molar-refractivity contribution is 9.10. The molecule has 2 aromatic rings. The summed E-state index contributed by atoms with van der Waals surface area (Å²) in [4.78, 5) is 25.3. The second-order valence-corrected chi connectivity index (χ2v) is 6.93. The lowest BCUT2D eigenvalue weighted by Crippen LogP contribution is -2.30. The van der Waals surface area contributed by atoms with E-state index in [1.165, 1.54) is 0 Å². The maximum atomic E-state index is 12.1. The van der Waals surface area contributed by atoms with Crippen molar-refractivity contribution in [2.24, 2.45) is 0 Å². The summed E-state index contributed by atoms with van der Waals surface area (Å²) < 4.78 is 5.86. The molecule has 1 saturated heterocycles. The number of hydrogen-bond donors (Lipinski definition) is 2. The molecular formula is C19H20BrN3O3. The molecule has 2 amide bonds. The van der Waals surface area contributed by atoms with Crippen molar-refractivity contribution in [3.63, 3.8) is 0 Å². The number of rotatable bonds is 6. The summed E-state index contributed by atoms with van der Waals surface area (Å²) >= 11 is 3.38. The Hall–Kier alpha value is -2.38. The number of halogens is 1. The second-order valence-electron chi connectivity index (χ2n) is 6.02. The average molecular weight is 418 g/mol. The van der Waals surface area contributed by atoms with E-state index in [1.807, 2.05) is 55.5 Å². The number of hydrogen-bond acceptors (Lipinski definition) is 4. The van der Waals surface area contributed by atoms with E-state index in [1.54, 1.807) is 4.90 Å². The molecule has 6 nitrogen and oxygen atoms in total. The van der Waals surface area contributed by atoms with Crippen LogP contribution >= 0.6 is 15.9 Å². The van der Waals surface area contributed by atoms with E-state index in [4.69, 9.17) is 4.74 Å². The third-order valence-electron chi connectivity index (χ3n) is 4.14. The monoisotopic (exact) mass is 417 g/mol. The fourth-order valence-corrected chi connectivity index (χ4v) is 3.11. The van der Waals surface area contributed by atoms with Crippen molar-refractivity contribution in [3.8, 4) is 0 Å². The van der Waals surface area contributed by atoms with Crippen LogP contribution in [0.4, 0.5) is 16.2 Å². The van der Waals surface area contributed by atoms with Gasteiger partial charge in [0.05, 0.1) is 13.1 Å². The largest absolute Gasteiger partial charge is 0.447 e. The van der Waals surface area contributed by atoms with Gasteiger partial charge in [-0.2, -0.15) is 0 Å². The minimum Gasteiger partial charge on any atom is -0.447 e. The molecule has 2 aromatic carbocycles. The van der Waals surface area contributed by atoms with Crippen molar-refractivity contribution < 1.29 is 14.3 Å². The molecule has 1 aliphatic heterocycles. The van der Waals surface area contributed by atoms with E-state index in [0.717, 1.165) is 21.4 Å². The summed E-state index contributed by atoms with van der Waals surface area (Å²) in [6.07, 6.45) is -0.312. The van der Waals surface area contributed by atoms with Crippen LogP contribution < -0.4 is 15.5 Å². The standard InChI is InChI=1S/C19H20BrN3O3/c1-13(21-12-18(24)22-16-4-2-3-15(20)11-16)14-5-7-17(8-6-14)23-9-10-26-19(23)25/h2-8,11,13,21H,9-10,12H2,1H3,(H,22,24)/t13-/m0/s1. The van der Waals surface area contributed by atoms with Crippen LogP contribution in [-0.4, -0.2) is 31.7 Å². The lowest BCUT2D eigenvalue weighted by Gasteiger charge is -2.17. The molecule has 136 valence electrons. The maximum Gasteiger partial charge on any atom is 0.414 e. The van der Waals surface area contributed by atoms with Gasteiger partial charge in [-0.1, -0.05) is 34.1 Å². The van der Waals surface area contributed by atoms with Gasteiger partial charge in [0.1, 0.15) is 6.61 Å². The third-order valence-corrected chi connectivity index (χ3v) is 4.64.